The fourth-order valence-corrected chi connectivity index (χ4v) is 3.51. The van der Waals surface area contributed by atoms with Crippen molar-refractivity contribution in [2.45, 2.75) is 77.3 Å². The molecular formula is C16H28N2O2. The van der Waals surface area contributed by atoms with Gasteiger partial charge in [0.1, 0.15) is 11.6 Å². The summed E-state index contributed by atoms with van der Waals surface area (Å²) < 4.78 is 0. The lowest BCUT2D eigenvalue weighted by Crippen LogP contribution is -2.71. The third-order valence-electron chi connectivity index (χ3n) is 5.01. The van der Waals surface area contributed by atoms with E-state index in [1.807, 2.05) is 11.8 Å². The Hall–Kier alpha value is -1.06. The molecule has 20 heavy (non-hydrogen) atoms. The molecule has 1 saturated carbocycles. The molecule has 0 aromatic heterocycles. The zero-order chi connectivity index (χ0) is 14.8. The molecule has 2 atom stereocenters. The van der Waals surface area contributed by atoms with Gasteiger partial charge in [-0.3, -0.25) is 9.59 Å². The number of amides is 2. The van der Waals surface area contributed by atoms with Gasteiger partial charge in [0.05, 0.1) is 0 Å². The lowest BCUT2D eigenvalue weighted by atomic mass is 9.78. The van der Waals surface area contributed by atoms with E-state index in [0.717, 1.165) is 32.1 Å². The summed E-state index contributed by atoms with van der Waals surface area (Å²) in [6.45, 7) is 6.99. The van der Waals surface area contributed by atoms with Gasteiger partial charge in [-0.2, -0.15) is 0 Å². The zero-order valence-corrected chi connectivity index (χ0v) is 13.1. The van der Waals surface area contributed by atoms with Crippen molar-refractivity contribution in [3.63, 3.8) is 0 Å². The summed E-state index contributed by atoms with van der Waals surface area (Å²) in [5, 5.41) is 3.07. The largest absolute Gasteiger partial charge is 0.340 e. The first-order valence-corrected chi connectivity index (χ1v) is 8.17. The second kappa shape index (κ2) is 6.15. The summed E-state index contributed by atoms with van der Waals surface area (Å²) in [5.41, 5.74) is -0.589. The molecule has 1 aliphatic heterocycles. The van der Waals surface area contributed by atoms with Crippen LogP contribution in [0.3, 0.4) is 0 Å². The van der Waals surface area contributed by atoms with Crippen LogP contribution in [0.1, 0.15) is 65.7 Å². The number of nitrogens with zero attached hydrogens (tertiary/aromatic N) is 1. The van der Waals surface area contributed by atoms with Crippen molar-refractivity contribution in [3.05, 3.63) is 0 Å². The van der Waals surface area contributed by atoms with Gasteiger partial charge in [-0.15, -0.1) is 0 Å². The van der Waals surface area contributed by atoms with E-state index in [1.165, 1.54) is 6.42 Å². The molecule has 4 nitrogen and oxygen atoms in total. The number of hydrogen-bond donors (Lipinski definition) is 1. The Labute approximate surface area is 122 Å². The highest BCUT2D eigenvalue weighted by Gasteiger charge is 2.50. The molecule has 0 radical (unpaired) electrons. The Morgan fingerprint density at radius 2 is 1.90 bits per heavy atom. The molecule has 1 saturated heterocycles. The van der Waals surface area contributed by atoms with Gasteiger partial charge in [0.25, 0.3) is 0 Å². The summed E-state index contributed by atoms with van der Waals surface area (Å²) in [6, 6.07) is -0.274. The number of hydrogen-bond acceptors (Lipinski definition) is 2. The highest BCUT2D eigenvalue weighted by molar-refractivity contribution is 5.99. The van der Waals surface area contributed by atoms with Crippen LogP contribution in [0, 0.1) is 5.92 Å². The lowest BCUT2D eigenvalue weighted by molar-refractivity contribution is -0.157. The molecule has 0 aromatic carbocycles. The van der Waals surface area contributed by atoms with Gasteiger partial charge in [0.15, 0.2) is 0 Å². The van der Waals surface area contributed by atoms with Crippen LogP contribution >= 0.6 is 0 Å². The quantitative estimate of drug-likeness (QED) is 0.860. The maximum absolute atomic E-state index is 13.0. The summed E-state index contributed by atoms with van der Waals surface area (Å²) >= 11 is 0. The molecule has 2 amide bonds. The number of carbonyl (C=O) groups is 2. The molecule has 1 N–H and O–H groups in total. The second-order valence-corrected chi connectivity index (χ2v) is 6.53. The molecular weight excluding hydrogens is 252 g/mol. The van der Waals surface area contributed by atoms with E-state index in [1.54, 1.807) is 0 Å². The van der Waals surface area contributed by atoms with Crippen molar-refractivity contribution in [3.8, 4) is 0 Å². The van der Waals surface area contributed by atoms with Gasteiger partial charge in [0.2, 0.25) is 11.8 Å². The smallest absolute Gasteiger partial charge is 0.249 e. The van der Waals surface area contributed by atoms with E-state index in [4.69, 9.17) is 0 Å². The molecule has 1 spiro atoms. The van der Waals surface area contributed by atoms with Crippen LogP contribution in [0.4, 0.5) is 0 Å². The predicted octanol–water partition coefficient (Wildman–Crippen LogP) is 2.47. The summed E-state index contributed by atoms with van der Waals surface area (Å²) in [6.07, 6.45) is 6.61. The molecule has 4 heteroatoms. The molecule has 1 heterocycles. The number of nitrogens with one attached hydrogen (secondary N) is 1. The van der Waals surface area contributed by atoms with Crippen molar-refractivity contribution in [2.75, 3.05) is 6.54 Å². The molecule has 2 rings (SSSR count). The van der Waals surface area contributed by atoms with E-state index in [9.17, 15) is 9.59 Å². The second-order valence-electron chi connectivity index (χ2n) is 6.53. The first kappa shape index (κ1) is 15.3. The standard InChI is InChI=1S/C16H28N2O2/c1-4-12(3)11-18-13(5-2)14(19)17-16(15(18)20)9-7-6-8-10-16/h12-13H,4-11H2,1-3H3,(H,17,19). The first-order chi connectivity index (χ1) is 9.54. The maximum atomic E-state index is 13.0. The molecule has 2 fully saturated rings. The van der Waals surface area contributed by atoms with Crippen molar-refractivity contribution >= 4 is 11.8 Å². The van der Waals surface area contributed by atoms with Crippen LogP contribution in [0.15, 0.2) is 0 Å². The Balaban J connectivity index is 2.24. The molecule has 0 aromatic rings. The zero-order valence-electron chi connectivity index (χ0n) is 13.1. The molecule has 2 unspecified atom stereocenters. The van der Waals surface area contributed by atoms with E-state index in [2.05, 4.69) is 19.2 Å². The number of carbonyl (C=O) groups excluding carboxylic acids is 2. The van der Waals surface area contributed by atoms with Crippen molar-refractivity contribution in [2.24, 2.45) is 5.92 Å². The van der Waals surface area contributed by atoms with Crippen LogP contribution in [0.25, 0.3) is 0 Å². The van der Waals surface area contributed by atoms with Crippen LogP contribution in [0.2, 0.25) is 0 Å². The Kier molecular flexibility index (Phi) is 4.71. The minimum Gasteiger partial charge on any atom is -0.340 e. The minimum absolute atomic E-state index is 0.0531. The van der Waals surface area contributed by atoms with Crippen molar-refractivity contribution in [1.82, 2.24) is 10.2 Å². The number of rotatable bonds is 4. The van der Waals surface area contributed by atoms with E-state index >= 15 is 0 Å². The van der Waals surface area contributed by atoms with Crippen LogP contribution in [-0.2, 0) is 9.59 Å². The summed E-state index contributed by atoms with van der Waals surface area (Å²) in [7, 11) is 0. The third-order valence-corrected chi connectivity index (χ3v) is 5.01. The summed E-state index contributed by atoms with van der Waals surface area (Å²) in [5.74, 6) is 0.667. The summed E-state index contributed by atoms with van der Waals surface area (Å²) in [4.78, 5) is 27.3. The highest BCUT2D eigenvalue weighted by atomic mass is 16.2. The minimum atomic E-state index is -0.589. The number of piperazine rings is 1. The van der Waals surface area contributed by atoms with Crippen molar-refractivity contribution in [1.29, 1.82) is 0 Å². The van der Waals surface area contributed by atoms with Gasteiger partial charge in [-0.05, 0) is 25.2 Å². The Bertz CT molecular complexity index is 375. The van der Waals surface area contributed by atoms with E-state index in [-0.39, 0.29) is 17.9 Å². The molecule has 2 aliphatic rings. The van der Waals surface area contributed by atoms with E-state index in [0.29, 0.717) is 18.9 Å². The van der Waals surface area contributed by atoms with Gasteiger partial charge >= 0.3 is 0 Å². The van der Waals surface area contributed by atoms with Gasteiger partial charge in [-0.25, -0.2) is 0 Å². The van der Waals surface area contributed by atoms with Crippen LogP contribution < -0.4 is 5.32 Å². The monoisotopic (exact) mass is 280 g/mol. The van der Waals surface area contributed by atoms with Crippen LogP contribution in [-0.4, -0.2) is 34.8 Å². The maximum Gasteiger partial charge on any atom is 0.249 e. The predicted molar refractivity (Wildman–Crippen MR) is 79.2 cm³/mol. The Morgan fingerprint density at radius 1 is 1.25 bits per heavy atom. The van der Waals surface area contributed by atoms with Crippen molar-refractivity contribution < 1.29 is 9.59 Å². The normalized spacial score (nSPS) is 27.6. The third kappa shape index (κ3) is 2.70. The average molecular weight is 280 g/mol. The fourth-order valence-electron chi connectivity index (χ4n) is 3.51. The molecule has 0 bridgehead atoms. The lowest BCUT2D eigenvalue weighted by Gasteiger charge is -2.48. The average Bonchev–Trinajstić information content (AvgIpc) is 2.45. The van der Waals surface area contributed by atoms with Gasteiger partial charge < -0.3 is 10.2 Å². The van der Waals surface area contributed by atoms with Crippen LogP contribution in [0.5, 0.6) is 0 Å². The molecule has 1 aliphatic carbocycles. The first-order valence-electron chi connectivity index (χ1n) is 8.17. The van der Waals surface area contributed by atoms with E-state index < -0.39 is 5.54 Å². The SMILES string of the molecule is CCC(C)CN1C(=O)C2(CCCCC2)NC(=O)C1CC. The van der Waals surface area contributed by atoms with Gasteiger partial charge in [-0.1, -0.05) is 46.5 Å². The highest BCUT2D eigenvalue weighted by Crippen LogP contribution is 2.34. The topological polar surface area (TPSA) is 49.4 Å². The Morgan fingerprint density at radius 3 is 2.45 bits per heavy atom. The fraction of sp³-hybridized carbons (Fsp3) is 0.875. The van der Waals surface area contributed by atoms with Gasteiger partial charge in [0, 0.05) is 6.54 Å². The molecule has 114 valence electrons.